The van der Waals surface area contributed by atoms with Gasteiger partial charge < -0.3 is 0 Å². The second kappa shape index (κ2) is 7.21. The summed E-state index contributed by atoms with van der Waals surface area (Å²) >= 11 is 0. The van der Waals surface area contributed by atoms with Crippen LogP contribution < -0.4 is 0 Å². The Morgan fingerprint density at radius 1 is 1.04 bits per heavy atom. The van der Waals surface area contributed by atoms with Gasteiger partial charge in [0.05, 0.1) is 10.6 Å². The monoisotopic (exact) mass is 355 g/mol. The van der Waals surface area contributed by atoms with Crippen molar-refractivity contribution < 1.29 is 8.42 Å². The fourth-order valence-corrected chi connectivity index (χ4v) is 4.09. The number of aromatic nitrogens is 2. The fourth-order valence-electron chi connectivity index (χ4n) is 2.71. The zero-order chi connectivity index (χ0) is 17.9. The molecule has 0 aliphatic rings. The molecule has 3 rings (SSSR count). The second-order valence-electron chi connectivity index (χ2n) is 5.96. The summed E-state index contributed by atoms with van der Waals surface area (Å²) in [5, 5.41) is 0. The van der Waals surface area contributed by atoms with E-state index >= 15 is 0 Å². The number of hydrogen-bond acceptors (Lipinski definition) is 4. The lowest BCUT2D eigenvalue weighted by Crippen LogP contribution is -2.25. The van der Waals surface area contributed by atoms with Gasteiger partial charge in [0.2, 0.25) is 0 Å². The highest BCUT2D eigenvalue weighted by atomic mass is 32.2. The summed E-state index contributed by atoms with van der Waals surface area (Å²) in [7, 11) is -1.62. The lowest BCUT2D eigenvalue weighted by Gasteiger charge is -2.24. The van der Waals surface area contributed by atoms with Gasteiger partial charge in [0.1, 0.15) is 0 Å². The van der Waals surface area contributed by atoms with Crippen molar-refractivity contribution >= 4 is 10.0 Å². The van der Waals surface area contributed by atoms with Gasteiger partial charge in [-0.2, -0.15) is 0 Å². The molecule has 130 valence electrons. The van der Waals surface area contributed by atoms with Gasteiger partial charge in [0.25, 0.3) is 10.0 Å². The Bertz CT molecular complexity index is 922. The van der Waals surface area contributed by atoms with E-state index in [0.29, 0.717) is 12.2 Å². The fraction of sp³-hybridized carbons (Fsp3) is 0.211. The minimum atomic E-state index is -3.59. The van der Waals surface area contributed by atoms with Gasteiger partial charge in [-0.25, -0.2) is 12.4 Å². The van der Waals surface area contributed by atoms with Crippen molar-refractivity contribution in [3.8, 4) is 0 Å². The maximum absolute atomic E-state index is 12.9. The first kappa shape index (κ1) is 17.4. The Labute approximate surface area is 148 Å². The molecule has 2 heterocycles. The molecule has 6 heteroatoms. The van der Waals surface area contributed by atoms with Crippen LogP contribution in [0.4, 0.5) is 0 Å². The number of benzene rings is 1. The number of nitrogens with zero attached hydrogens (tertiary/aromatic N) is 3. The second-order valence-corrected chi connectivity index (χ2v) is 7.77. The van der Waals surface area contributed by atoms with Crippen LogP contribution in [0.25, 0.3) is 0 Å². The Balaban J connectivity index is 1.85. The first-order valence-corrected chi connectivity index (χ1v) is 9.52. The predicted octanol–water partition coefficient (Wildman–Crippen LogP) is 3.31. The van der Waals surface area contributed by atoms with Gasteiger partial charge in [-0.3, -0.25) is 9.88 Å². The molecular weight excluding hydrogens is 334 g/mol. The largest absolute Gasteiger partial charge is 0.292 e. The molecule has 0 aliphatic heterocycles. The van der Waals surface area contributed by atoms with Crippen LogP contribution >= 0.6 is 0 Å². The Hall–Kier alpha value is -2.44. The average molecular weight is 355 g/mol. The first-order valence-electron chi connectivity index (χ1n) is 8.08. The van der Waals surface area contributed by atoms with Crippen molar-refractivity contribution in [3.05, 3.63) is 84.4 Å². The van der Waals surface area contributed by atoms with E-state index in [0.717, 1.165) is 5.69 Å². The van der Waals surface area contributed by atoms with Gasteiger partial charge in [0.15, 0.2) is 0 Å². The van der Waals surface area contributed by atoms with E-state index in [2.05, 4.69) is 16.8 Å². The molecule has 25 heavy (non-hydrogen) atoms. The van der Waals surface area contributed by atoms with E-state index in [-0.39, 0.29) is 10.9 Å². The van der Waals surface area contributed by atoms with Crippen LogP contribution in [0.3, 0.4) is 0 Å². The zero-order valence-electron chi connectivity index (χ0n) is 14.3. The van der Waals surface area contributed by atoms with Gasteiger partial charge in [-0.1, -0.05) is 24.3 Å². The van der Waals surface area contributed by atoms with Crippen molar-refractivity contribution in [2.75, 3.05) is 7.05 Å². The smallest absolute Gasteiger partial charge is 0.267 e. The molecule has 1 aromatic carbocycles. The van der Waals surface area contributed by atoms with Gasteiger partial charge >= 0.3 is 0 Å². The summed E-state index contributed by atoms with van der Waals surface area (Å²) < 4.78 is 27.1. The average Bonchev–Trinajstić information content (AvgIpc) is 3.11. The maximum Gasteiger partial charge on any atom is 0.267 e. The van der Waals surface area contributed by atoms with E-state index in [9.17, 15) is 8.42 Å². The van der Waals surface area contributed by atoms with Crippen molar-refractivity contribution in [3.63, 3.8) is 0 Å². The minimum absolute atomic E-state index is 0.0731. The number of hydrogen-bond donors (Lipinski definition) is 0. The van der Waals surface area contributed by atoms with Crippen LogP contribution in [0, 0.1) is 0 Å². The highest BCUT2D eigenvalue weighted by Gasteiger charge is 2.21. The number of pyridine rings is 1. The molecule has 0 fully saturated rings. The zero-order valence-corrected chi connectivity index (χ0v) is 15.1. The lowest BCUT2D eigenvalue weighted by molar-refractivity contribution is 0.245. The standard InChI is InChI=1S/C19H21N3O2S/c1-16(19-12-6-7-13-20-19)21(2)15-17-9-8-14-22(17)25(23,24)18-10-4-3-5-11-18/h3-14,16H,15H2,1-2H3/t16-/m0/s1. The van der Waals surface area contributed by atoms with E-state index in [1.54, 1.807) is 48.8 Å². The highest BCUT2D eigenvalue weighted by molar-refractivity contribution is 7.90. The predicted molar refractivity (Wildman–Crippen MR) is 97.6 cm³/mol. The van der Waals surface area contributed by atoms with Crippen LogP contribution in [0.1, 0.15) is 24.4 Å². The summed E-state index contributed by atoms with van der Waals surface area (Å²) in [6.45, 7) is 2.55. The summed E-state index contributed by atoms with van der Waals surface area (Å²) in [6.07, 6.45) is 3.36. The van der Waals surface area contributed by atoms with E-state index in [4.69, 9.17) is 0 Å². The molecule has 0 unspecified atom stereocenters. The van der Waals surface area contributed by atoms with Crippen LogP contribution in [-0.2, 0) is 16.6 Å². The van der Waals surface area contributed by atoms with Crippen molar-refractivity contribution in [1.82, 2.24) is 13.9 Å². The van der Waals surface area contributed by atoms with Crippen molar-refractivity contribution in [2.45, 2.75) is 24.4 Å². The third kappa shape index (κ3) is 3.65. The topological polar surface area (TPSA) is 55.2 Å². The highest BCUT2D eigenvalue weighted by Crippen LogP contribution is 2.21. The van der Waals surface area contributed by atoms with E-state index in [1.807, 2.05) is 31.3 Å². The van der Waals surface area contributed by atoms with Crippen molar-refractivity contribution in [2.24, 2.45) is 0 Å². The SMILES string of the molecule is C[C@@H](c1ccccn1)N(C)Cc1cccn1S(=O)(=O)c1ccccc1. The molecule has 0 saturated carbocycles. The molecule has 0 radical (unpaired) electrons. The molecule has 3 aromatic rings. The Kier molecular flexibility index (Phi) is 5.01. The van der Waals surface area contributed by atoms with E-state index < -0.39 is 10.0 Å². The molecule has 0 N–H and O–H groups in total. The van der Waals surface area contributed by atoms with Crippen molar-refractivity contribution in [1.29, 1.82) is 0 Å². The maximum atomic E-state index is 12.9. The third-order valence-electron chi connectivity index (χ3n) is 4.28. The molecule has 0 bridgehead atoms. The summed E-state index contributed by atoms with van der Waals surface area (Å²) in [5.74, 6) is 0. The molecule has 0 amide bonds. The Morgan fingerprint density at radius 2 is 1.76 bits per heavy atom. The molecule has 2 aromatic heterocycles. The number of rotatable bonds is 6. The van der Waals surface area contributed by atoms with Crippen LogP contribution in [0.5, 0.6) is 0 Å². The third-order valence-corrected chi connectivity index (χ3v) is 6.02. The lowest BCUT2D eigenvalue weighted by atomic mass is 10.2. The molecule has 5 nitrogen and oxygen atoms in total. The van der Waals surface area contributed by atoms with Crippen LogP contribution in [-0.4, -0.2) is 29.3 Å². The Morgan fingerprint density at radius 3 is 2.44 bits per heavy atom. The summed E-state index contributed by atoms with van der Waals surface area (Å²) in [4.78, 5) is 6.74. The van der Waals surface area contributed by atoms with Gasteiger partial charge in [0, 0.05) is 30.7 Å². The van der Waals surface area contributed by atoms with Crippen LogP contribution in [0.15, 0.2) is 78.0 Å². The molecule has 0 spiro atoms. The molecule has 0 aliphatic carbocycles. The molecular formula is C19H21N3O2S. The van der Waals surface area contributed by atoms with Gasteiger partial charge in [-0.05, 0) is 50.4 Å². The van der Waals surface area contributed by atoms with Crippen LogP contribution in [0.2, 0.25) is 0 Å². The first-order chi connectivity index (χ1) is 12.0. The molecule has 1 atom stereocenters. The summed E-state index contributed by atoms with van der Waals surface area (Å²) in [6, 6.07) is 18.0. The normalized spacial score (nSPS) is 13.1. The molecule has 0 saturated heterocycles. The van der Waals surface area contributed by atoms with Gasteiger partial charge in [-0.15, -0.1) is 0 Å². The van der Waals surface area contributed by atoms with E-state index in [1.165, 1.54) is 3.97 Å². The quantitative estimate of drug-likeness (QED) is 0.681. The summed E-state index contributed by atoms with van der Waals surface area (Å²) in [5.41, 5.74) is 1.67. The minimum Gasteiger partial charge on any atom is -0.292 e.